The lowest BCUT2D eigenvalue weighted by molar-refractivity contribution is -0.157. The van der Waals surface area contributed by atoms with Gasteiger partial charge in [0.15, 0.2) is 0 Å². The number of fused-ring (bicyclic) bond motifs is 1. The predicted octanol–water partition coefficient (Wildman–Crippen LogP) is 3.60. The van der Waals surface area contributed by atoms with Gasteiger partial charge in [-0.1, -0.05) is 6.07 Å². The van der Waals surface area contributed by atoms with Crippen LogP contribution < -0.4 is 15.0 Å². The molecule has 0 aliphatic carbocycles. The number of nitrogens with zero attached hydrogens (tertiary/aromatic N) is 1. The first kappa shape index (κ1) is 24.5. The zero-order valence-corrected chi connectivity index (χ0v) is 19.5. The van der Waals surface area contributed by atoms with Crippen molar-refractivity contribution in [2.75, 3.05) is 18.6 Å². The Bertz CT molecular complexity index is 822. The first-order valence-corrected chi connectivity index (χ1v) is 10.5. The van der Waals surface area contributed by atoms with E-state index in [1.165, 1.54) is 0 Å². The maximum absolute atomic E-state index is 12.9. The van der Waals surface area contributed by atoms with Gasteiger partial charge in [0.05, 0.1) is 12.8 Å². The van der Waals surface area contributed by atoms with E-state index in [0.717, 1.165) is 17.0 Å². The molecule has 1 atom stereocenters. The second kappa shape index (κ2) is 9.58. The minimum absolute atomic E-state index is 0.0658. The average molecular weight is 435 g/mol. The number of amides is 2. The Morgan fingerprint density at radius 1 is 1.06 bits per heavy atom. The molecule has 1 aromatic rings. The molecule has 1 aliphatic rings. The second-order valence-corrected chi connectivity index (χ2v) is 9.52. The maximum Gasteiger partial charge on any atom is 0.408 e. The van der Waals surface area contributed by atoms with Gasteiger partial charge in [-0.2, -0.15) is 0 Å². The molecule has 0 saturated heterocycles. The van der Waals surface area contributed by atoms with Crippen LogP contribution in [-0.2, 0) is 25.5 Å². The number of esters is 1. The fourth-order valence-electron chi connectivity index (χ4n) is 3.33. The van der Waals surface area contributed by atoms with E-state index in [-0.39, 0.29) is 18.7 Å². The highest BCUT2D eigenvalue weighted by Crippen LogP contribution is 2.35. The summed E-state index contributed by atoms with van der Waals surface area (Å²) < 4.78 is 16.1. The summed E-state index contributed by atoms with van der Waals surface area (Å²) >= 11 is 0. The van der Waals surface area contributed by atoms with Crippen molar-refractivity contribution in [2.45, 2.75) is 78.0 Å². The Morgan fingerprint density at radius 3 is 2.29 bits per heavy atom. The number of methoxy groups -OCH3 is 1. The maximum atomic E-state index is 12.9. The van der Waals surface area contributed by atoms with Crippen molar-refractivity contribution in [1.29, 1.82) is 0 Å². The SMILES string of the molecule is COc1cccc2c1CCN2C(=O)CC[C@H](NC(=O)OC(C)(C)C)C(=O)OC(C)(C)C. The number of carbonyl (C=O) groups is 3. The van der Waals surface area contributed by atoms with E-state index in [1.54, 1.807) is 53.6 Å². The van der Waals surface area contributed by atoms with Gasteiger partial charge in [0, 0.05) is 18.5 Å². The third-order valence-corrected chi connectivity index (χ3v) is 4.53. The number of rotatable bonds is 6. The number of alkyl carbamates (subject to hydrolysis) is 1. The van der Waals surface area contributed by atoms with Crippen LogP contribution in [0.5, 0.6) is 5.75 Å². The van der Waals surface area contributed by atoms with Crippen LogP contribution in [0, 0.1) is 0 Å². The monoisotopic (exact) mass is 434 g/mol. The first-order chi connectivity index (χ1) is 14.3. The van der Waals surface area contributed by atoms with Crippen LogP contribution in [0.4, 0.5) is 10.5 Å². The summed E-state index contributed by atoms with van der Waals surface area (Å²) in [5, 5.41) is 2.55. The van der Waals surface area contributed by atoms with Gasteiger partial charge in [-0.15, -0.1) is 0 Å². The third kappa shape index (κ3) is 7.15. The van der Waals surface area contributed by atoms with Gasteiger partial charge >= 0.3 is 12.1 Å². The normalized spacial score (nSPS) is 14.5. The molecule has 8 nitrogen and oxygen atoms in total. The lowest BCUT2D eigenvalue weighted by Gasteiger charge is -2.26. The standard InChI is InChI=1S/C23H34N2O6/c1-22(2,3)30-20(27)16(24-21(28)31-23(4,5)6)11-12-19(26)25-14-13-15-17(25)9-8-10-18(15)29-7/h8-10,16H,11-14H2,1-7H3,(H,24,28)/t16-/m0/s1. The lowest BCUT2D eigenvalue weighted by atomic mass is 10.1. The molecule has 0 aromatic heterocycles. The molecular formula is C23H34N2O6. The van der Waals surface area contributed by atoms with Crippen LogP contribution in [0.15, 0.2) is 18.2 Å². The summed E-state index contributed by atoms with van der Waals surface area (Å²) in [7, 11) is 1.61. The van der Waals surface area contributed by atoms with Gasteiger partial charge in [0.2, 0.25) is 5.91 Å². The summed E-state index contributed by atoms with van der Waals surface area (Å²) in [5.74, 6) is 0.0206. The molecular weight excluding hydrogens is 400 g/mol. The van der Waals surface area contributed by atoms with Crippen molar-refractivity contribution in [2.24, 2.45) is 0 Å². The van der Waals surface area contributed by atoms with E-state index in [2.05, 4.69) is 5.32 Å². The van der Waals surface area contributed by atoms with E-state index in [1.807, 2.05) is 18.2 Å². The number of benzene rings is 1. The van der Waals surface area contributed by atoms with Crippen molar-refractivity contribution < 1.29 is 28.6 Å². The van der Waals surface area contributed by atoms with Gasteiger partial charge in [0.1, 0.15) is 23.0 Å². The van der Waals surface area contributed by atoms with Crippen molar-refractivity contribution >= 4 is 23.7 Å². The molecule has 0 fully saturated rings. The van der Waals surface area contributed by atoms with Gasteiger partial charge in [-0.3, -0.25) is 4.79 Å². The van der Waals surface area contributed by atoms with Crippen molar-refractivity contribution in [1.82, 2.24) is 5.32 Å². The van der Waals surface area contributed by atoms with Gasteiger partial charge in [-0.25, -0.2) is 9.59 Å². The molecule has 0 unspecified atom stereocenters. The molecule has 0 spiro atoms. The summed E-state index contributed by atoms with van der Waals surface area (Å²) in [6.45, 7) is 11.0. The zero-order valence-electron chi connectivity index (χ0n) is 19.5. The Kier molecular flexibility index (Phi) is 7.57. The Morgan fingerprint density at radius 2 is 1.71 bits per heavy atom. The largest absolute Gasteiger partial charge is 0.496 e. The minimum atomic E-state index is -0.995. The highest BCUT2D eigenvalue weighted by atomic mass is 16.6. The van der Waals surface area contributed by atoms with E-state index < -0.39 is 29.3 Å². The number of hydrogen-bond acceptors (Lipinski definition) is 6. The Labute approximate surface area is 184 Å². The quantitative estimate of drug-likeness (QED) is 0.688. The topological polar surface area (TPSA) is 94.2 Å². The number of hydrogen-bond donors (Lipinski definition) is 1. The van der Waals surface area contributed by atoms with Crippen molar-refractivity contribution in [3.63, 3.8) is 0 Å². The summed E-state index contributed by atoms with van der Waals surface area (Å²) in [5.41, 5.74) is 0.378. The Balaban J connectivity index is 2.08. The van der Waals surface area contributed by atoms with Crippen LogP contribution in [0.2, 0.25) is 0 Å². The van der Waals surface area contributed by atoms with Crippen LogP contribution in [0.25, 0.3) is 0 Å². The first-order valence-electron chi connectivity index (χ1n) is 10.5. The summed E-state index contributed by atoms with van der Waals surface area (Å²) in [4.78, 5) is 39.5. The second-order valence-electron chi connectivity index (χ2n) is 9.52. The number of ether oxygens (including phenoxy) is 3. The molecule has 0 saturated carbocycles. The van der Waals surface area contributed by atoms with Crippen LogP contribution >= 0.6 is 0 Å². The summed E-state index contributed by atoms with van der Waals surface area (Å²) in [6, 6.07) is 4.60. The highest BCUT2D eigenvalue weighted by Gasteiger charge is 2.31. The molecule has 2 amide bonds. The zero-order chi connectivity index (χ0) is 23.4. The molecule has 1 aromatic carbocycles. The molecule has 1 heterocycles. The number of nitrogens with one attached hydrogen (secondary N) is 1. The summed E-state index contributed by atoms with van der Waals surface area (Å²) in [6.07, 6.45) is 0.141. The fraction of sp³-hybridized carbons (Fsp3) is 0.609. The molecule has 1 N–H and O–H groups in total. The number of carbonyl (C=O) groups excluding carboxylic acids is 3. The lowest BCUT2D eigenvalue weighted by Crippen LogP contribution is -2.46. The number of anilines is 1. The van der Waals surface area contributed by atoms with Crippen LogP contribution in [-0.4, -0.2) is 48.9 Å². The van der Waals surface area contributed by atoms with E-state index in [4.69, 9.17) is 14.2 Å². The smallest absolute Gasteiger partial charge is 0.408 e. The highest BCUT2D eigenvalue weighted by molar-refractivity contribution is 5.96. The van der Waals surface area contributed by atoms with E-state index >= 15 is 0 Å². The van der Waals surface area contributed by atoms with Gasteiger partial charge < -0.3 is 24.4 Å². The molecule has 0 bridgehead atoms. The molecule has 31 heavy (non-hydrogen) atoms. The van der Waals surface area contributed by atoms with E-state index in [9.17, 15) is 14.4 Å². The molecule has 2 rings (SSSR count). The fourth-order valence-corrected chi connectivity index (χ4v) is 3.33. The molecule has 1 aliphatic heterocycles. The third-order valence-electron chi connectivity index (χ3n) is 4.53. The van der Waals surface area contributed by atoms with E-state index in [0.29, 0.717) is 13.0 Å². The molecule has 172 valence electrons. The van der Waals surface area contributed by atoms with Crippen LogP contribution in [0.1, 0.15) is 59.9 Å². The minimum Gasteiger partial charge on any atom is -0.496 e. The van der Waals surface area contributed by atoms with Crippen molar-refractivity contribution in [3.8, 4) is 5.75 Å². The average Bonchev–Trinajstić information content (AvgIpc) is 3.06. The predicted molar refractivity (Wildman–Crippen MR) is 117 cm³/mol. The van der Waals surface area contributed by atoms with Gasteiger partial charge in [-0.05, 0) is 66.5 Å². The Hall–Kier alpha value is -2.77. The van der Waals surface area contributed by atoms with Crippen LogP contribution in [0.3, 0.4) is 0 Å². The molecule has 0 radical (unpaired) electrons. The van der Waals surface area contributed by atoms with Crippen molar-refractivity contribution in [3.05, 3.63) is 23.8 Å². The van der Waals surface area contributed by atoms with Gasteiger partial charge in [0.25, 0.3) is 0 Å². The molecule has 8 heteroatoms.